The van der Waals surface area contributed by atoms with Crippen LogP contribution in [0.2, 0.25) is 0 Å². The summed E-state index contributed by atoms with van der Waals surface area (Å²) < 4.78 is 10.6. The van der Waals surface area contributed by atoms with Crippen LogP contribution in [0, 0.1) is 5.92 Å². The molecule has 0 bridgehead atoms. The van der Waals surface area contributed by atoms with Gasteiger partial charge in [-0.05, 0) is 39.3 Å². The van der Waals surface area contributed by atoms with Crippen molar-refractivity contribution in [2.75, 3.05) is 26.2 Å². The van der Waals surface area contributed by atoms with E-state index in [1.807, 2.05) is 51.1 Å². The fraction of sp³-hybridized carbons (Fsp3) is 0.600. The number of hydrogen-bond acceptors (Lipinski definition) is 5. The minimum atomic E-state index is -0.449. The average Bonchev–Trinajstić information content (AvgIpc) is 2.53. The summed E-state index contributed by atoms with van der Waals surface area (Å²) in [5, 5.41) is 3.34. The Bertz CT molecular complexity index is 577. The van der Waals surface area contributed by atoms with Crippen LogP contribution in [0.5, 0.6) is 0 Å². The van der Waals surface area contributed by atoms with Crippen LogP contribution < -0.4 is 5.32 Å². The maximum Gasteiger partial charge on any atom is 0.410 e. The molecule has 0 unspecified atom stereocenters. The molecule has 1 aliphatic rings. The first-order valence-electron chi connectivity index (χ1n) is 9.22. The summed E-state index contributed by atoms with van der Waals surface area (Å²) in [4.78, 5) is 25.3. The van der Waals surface area contributed by atoms with E-state index in [-0.39, 0.29) is 12.1 Å². The molecule has 26 heavy (non-hydrogen) atoms. The highest BCUT2D eigenvalue weighted by Gasteiger charge is 2.33. The van der Waals surface area contributed by atoms with E-state index in [4.69, 9.17) is 9.47 Å². The second-order valence-corrected chi connectivity index (χ2v) is 7.71. The van der Waals surface area contributed by atoms with Gasteiger partial charge in [0.25, 0.3) is 0 Å². The van der Waals surface area contributed by atoms with E-state index in [0.29, 0.717) is 18.9 Å². The molecule has 6 nitrogen and oxygen atoms in total. The van der Waals surface area contributed by atoms with Crippen molar-refractivity contribution in [3.63, 3.8) is 0 Å². The Morgan fingerprint density at radius 2 is 1.88 bits per heavy atom. The number of nitrogens with one attached hydrogen (secondary N) is 1. The van der Waals surface area contributed by atoms with E-state index in [9.17, 15) is 9.59 Å². The van der Waals surface area contributed by atoms with Crippen LogP contribution in [-0.2, 0) is 20.9 Å². The predicted molar refractivity (Wildman–Crippen MR) is 99.6 cm³/mol. The van der Waals surface area contributed by atoms with Crippen molar-refractivity contribution in [2.24, 2.45) is 5.92 Å². The smallest absolute Gasteiger partial charge is 0.410 e. The van der Waals surface area contributed by atoms with Crippen molar-refractivity contribution in [1.29, 1.82) is 0 Å². The van der Waals surface area contributed by atoms with Gasteiger partial charge in [-0.2, -0.15) is 0 Å². The van der Waals surface area contributed by atoms with Gasteiger partial charge in [0.15, 0.2) is 0 Å². The Balaban J connectivity index is 1.46. The van der Waals surface area contributed by atoms with Gasteiger partial charge in [0, 0.05) is 32.0 Å². The summed E-state index contributed by atoms with van der Waals surface area (Å²) in [5.41, 5.74) is 0.550. The van der Waals surface area contributed by atoms with Gasteiger partial charge < -0.3 is 19.7 Å². The highest BCUT2D eigenvalue weighted by molar-refractivity contribution is 5.69. The van der Waals surface area contributed by atoms with E-state index in [2.05, 4.69) is 5.32 Å². The molecular weight excluding hydrogens is 332 g/mol. The van der Waals surface area contributed by atoms with Gasteiger partial charge in [0.1, 0.15) is 12.2 Å². The number of nitrogens with zero attached hydrogens (tertiary/aromatic N) is 1. The summed E-state index contributed by atoms with van der Waals surface area (Å²) in [6.45, 7) is 9.00. The van der Waals surface area contributed by atoms with Gasteiger partial charge >= 0.3 is 12.1 Å². The second-order valence-electron chi connectivity index (χ2n) is 7.71. The largest absolute Gasteiger partial charge is 0.461 e. The van der Waals surface area contributed by atoms with Gasteiger partial charge in [0.2, 0.25) is 0 Å². The lowest BCUT2D eigenvalue weighted by Crippen LogP contribution is -2.54. The van der Waals surface area contributed by atoms with Crippen LogP contribution in [0.15, 0.2) is 30.3 Å². The number of likely N-dealkylation sites (tertiary alicyclic amines) is 1. The van der Waals surface area contributed by atoms with Crippen molar-refractivity contribution >= 4 is 12.1 Å². The lowest BCUT2D eigenvalue weighted by Gasteiger charge is -2.39. The zero-order valence-corrected chi connectivity index (χ0v) is 16.0. The standard InChI is InChI=1S/C20H30N2O4/c1-20(2,3)26-19(24)22-13-17(14-22)12-21-11-7-10-18(23)25-15-16-8-5-4-6-9-16/h4-6,8-9,17,21H,7,10-15H2,1-3H3. The molecule has 1 heterocycles. The first-order valence-corrected chi connectivity index (χ1v) is 9.22. The summed E-state index contributed by atoms with van der Waals surface area (Å²) in [6.07, 6.45) is 0.917. The maximum absolute atomic E-state index is 11.8. The maximum atomic E-state index is 11.8. The molecule has 1 N–H and O–H groups in total. The van der Waals surface area contributed by atoms with E-state index >= 15 is 0 Å². The SMILES string of the molecule is CC(C)(C)OC(=O)N1CC(CNCCCC(=O)OCc2ccccc2)C1. The third-order valence-corrected chi connectivity index (χ3v) is 4.02. The number of esters is 1. The highest BCUT2D eigenvalue weighted by Crippen LogP contribution is 2.18. The van der Waals surface area contributed by atoms with E-state index in [1.165, 1.54) is 0 Å². The van der Waals surface area contributed by atoms with Crippen LogP contribution >= 0.6 is 0 Å². The molecular formula is C20H30N2O4. The van der Waals surface area contributed by atoms with Crippen molar-refractivity contribution in [3.05, 3.63) is 35.9 Å². The molecule has 6 heteroatoms. The quantitative estimate of drug-likeness (QED) is 0.569. The molecule has 1 fully saturated rings. The molecule has 1 amide bonds. The van der Waals surface area contributed by atoms with E-state index in [1.54, 1.807) is 4.90 Å². The molecule has 2 rings (SSSR count). The first-order chi connectivity index (χ1) is 12.3. The Morgan fingerprint density at radius 3 is 2.54 bits per heavy atom. The summed E-state index contributed by atoms with van der Waals surface area (Å²) >= 11 is 0. The van der Waals surface area contributed by atoms with Gasteiger partial charge in [-0.15, -0.1) is 0 Å². The highest BCUT2D eigenvalue weighted by atomic mass is 16.6. The minimum absolute atomic E-state index is 0.171. The van der Waals surface area contributed by atoms with Crippen LogP contribution in [0.25, 0.3) is 0 Å². The molecule has 0 aliphatic carbocycles. The van der Waals surface area contributed by atoms with Crippen molar-refractivity contribution in [2.45, 2.75) is 45.8 Å². The summed E-state index contributed by atoms with van der Waals surface area (Å²) in [7, 11) is 0. The summed E-state index contributed by atoms with van der Waals surface area (Å²) in [6, 6.07) is 9.67. The molecule has 144 valence electrons. The molecule has 0 aromatic heterocycles. The molecule has 1 aromatic rings. The molecule has 1 aromatic carbocycles. The zero-order valence-electron chi connectivity index (χ0n) is 16.0. The molecule has 0 spiro atoms. The number of rotatable bonds is 8. The molecule has 0 saturated carbocycles. The topological polar surface area (TPSA) is 67.9 Å². The minimum Gasteiger partial charge on any atom is -0.461 e. The zero-order chi connectivity index (χ0) is 19.0. The van der Waals surface area contributed by atoms with E-state index in [0.717, 1.165) is 38.2 Å². The first kappa shape index (κ1) is 20.2. The third-order valence-electron chi connectivity index (χ3n) is 4.02. The second kappa shape index (κ2) is 9.57. The molecule has 1 aliphatic heterocycles. The number of carbonyl (C=O) groups excluding carboxylic acids is 2. The molecule has 0 radical (unpaired) electrons. The Morgan fingerprint density at radius 1 is 1.19 bits per heavy atom. The molecule has 0 atom stereocenters. The fourth-order valence-electron chi connectivity index (χ4n) is 2.65. The average molecular weight is 362 g/mol. The van der Waals surface area contributed by atoms with Gasteiger partial charge in [-0.3, -0.25) is 4.79 Å². The van der Waals surface area contributed by atoms with Crippen molar-refractivity contribution < 1.29 is 19.1 Å². The van der Waals surface area contributed by atoms with Crippen LogP contribution in [0.3, 0.4) is 0 Å². The van der Waals surface area contributed by atoms with Crippen molar-refractivity contribution in [3.8, 4) is 0 Å². The lowest BCUT2D eigenvalue weighted by atomic mass is 10.0. The number of amides is 1. The Kier molecular flexibility index (Phi) is 7.45. The van der Waals surface area contributed by atoms with Crippen molar-refractivity contribution in [1.82, 2.24) is 10.2 Å². The Hall–Kier alpha value is -2.08. The number of benzene rings is 1. The Labute approximate surface area is 155 Å². The van der Waals surface area contributed by atoms with Gasteiger partial charge in [-0.25, -0.2) is 4.79 Å². The number of ether oxygens (including phenoxy) is 2. The van der Waals surface area contributed by atoms with Gasteiger partial charge in [0.05, 0.1) is 0 Å². The number of carbonyl (C=O) groups is 2. The summed E-state index contributed by atoms with van der Waals surface area (Å²) in [5.74, 6) is 0.281. The van der Waals surface area contributed by atoms with Crippen LogP contribution in [-0.4, -0.2) is 48.7 Å². The predicted octanol–water partition coefficient (Wildman–Crippen LogP) is 2.97. The molecule has 1 saturated heterocycles. The number of hydrogen-bond donors (Lipinski definition) is 1. The monoisotopic (exact) mass is 362 g/mol. The van der Waals surface area contributed by atoms with Gasteiger partial charge in [-0.1, -0.05) is 30.3 Å². The fourth-order valence-corrected chi connectivity index (χ4v) is 2.65. The van der Waals surface area contributed by atoms with E-state index < -0.39 is 5.60 Å². The lowest BCUT2D eigenvalue weighted by molar-refractivity contribution is -0.145. The third kappa shape index (κ3) is 7.44. The van der Waals surface area contributed by atoms with Crippen LogP contribution in [0.1, 0.15) is 39.2 Å². The van der Waals surface area contributed by atoms with Crippen LogP contribution in [0.4, 0.5) is 4.79 Å². The normalized spacial score (nSPS) is 14.7.